The van der Waals surface area contributed by atoms with Gasteiger partial charge in [-0.2, -0.15) is 0 Å². The fourth-order valence-corrected chi connectivity index (χ4v) is 3.01. The van der Waals surface area contributed by atoms with E-state index in [0.29, 0.717) is 41.2 Å². The van der Waals surface area contributed by atoms with E-state index in [1.165, 1.54) is 6.07 Å². The van der Waals surface area contributed by atoms with Crippen molar-refractivity contribution >= 4 is 21.8 Å². The zero-order valence-corrected chi connectivity index (χ0v) is 14.7. The summed E-state index contributed by atoms with van der Waals surface area (Å²) in [5.74, 6) is -0.222. The second-order valence-corrected chi connectivity index (χ2v) is 6.29. The van der Waals surface area contributed by atoms with Crippen molar-refractivity contribution in [3.63, 3.8) is 0 Å². The summed E-state index contributed by atoms with van der Waals surface area (Å²) >= 11 is 3.26. The van der Waals surface area contributed by atoms with Crippen LogP contribution in [0.3, 0.4) is 0 Å². The maximum atomic E-state index is 14.4. The molecule has 0 aliphatic carbocycles. The van der Waals surface area contributed by atoms with Gasteiger partial charge in [0.15, 0.2) is 0 Å². The van der Waals surface area contributed by atoms with E-state index in [2.05, 4.69) is 20.9 Å². The van der Waals surface area contributed by atoms with Crippen LogP contribution < -0.4 is 4.74 Å². The number of hydrogen-bond donors (Lipinski definition) is 0. The maximum absolute atomic E-state index is 14.4. The standard InChI is InChI=1S/C17H16BrFN2O3/c1-23-5-6-24-15-8-12(18)7-14(19)13(15)10-21-9-11-3-2-4-20-16(11)17(21)22/h2-4,7-8H,5-6,9-10H2,1H3. The van der Waals surface area contributed by atoms with Gasteiger partial charge in [0.1, 0.15) is 23.9 Å². The van der Waals surface area contributed by atoms with Gasteiger partial charge >= 0.3 is 0 Å². The Kier molecular flexibility index (Phi) is 5.11. The number of hydrogen-bond acceptors (Lipinski definition) is 4. The zero-order valence-electron chi connectivity index (χ0n) is 13.1. The molecule has 24 heavy (non-hydrogen) atoms. The van der Waals surface area contributed by atoms with Crippen molar-refractivity contribution in [2.75, 3.05) is 20.3 Å². The molecular weight excluding hydrogens is 379 g/mol. The van der Waals surface area contributed by atoms with Crippen LogP contribution >= 0.6 is 15.9 Å². The molecule has 0 saturated heterocycles. The topological polar surface area (TPSA) is 51.7 Å². The first-order valence-electron chi connectivity index (χ1n) is 7.43. The first-order valence-corrected chi connectivity index (χ1v) is 8.22. The van der Waals surface area contributed by atoms with Crippen molar-refractivity contribution in [2.24, 2.45) is 0 Å². The Labute approximate surface area is 147 Å². The van der Waals surface area contributed by atoms with E-state index in [1.807, 2.05) is 6.07 Å². The molecule has 126 valence electrons. The van der Waals surface area contributed by atoms with E-state index in [4.69, 9.17) is 9.47 Å². The summed E-state index contributed by atoms with van der Waals surface area (Å²) in [5, 5.41) is 0. The Morgan fingerprint density at radius 3 is 2.96 bits per heavy atom. The van der Waals surface area contributed by atoms with E-state index in [1.54, 1.807) is 30.3 Å². The molecule has 0 unspecified atom stereocenters. The number of ether oxygens (including phenoxy) is 2. The van der Waals surface area contributed by atoms with Crippen LogP contribution in [0.4, 0.5) is 4.39 Å². The highest BCUT2D eigenvalue weighted by Gasteiger charge is 2.30. The number of carbonyl (C=O) groups excluding carboxylic acids is 1. The van der Waals surface area contributed by atoms with Gasteiger partial charge in [0, 0.05) is 35.5 Å². The number of aromatic nitrogens is 1. The summed E-state index contributed by atoms with van der Waals surface area (Å²) in [6, 6.07) is 6.70. The minimum absolute atomic E-state index is 0.122. The summed E-state index contributed by atoms with van der Waals surface area (Å²) in [5.41, 5.74) is 1.62. The van der Waals surface area contributed by atoms with Gasteiger partial charge in [-0.1, -0.05) is 22.0 Å². The normalized spacial score (nSPS) is 13.3. The highest BCUT2D eigenvalue weighted by Crippen LogP contribution is 2.31. The monoisotopic (exact) mass is 394 g/mol. The van der Waals surface area contributed by atoms with E-state index < -0.39 is 5.82 Å². The first-order chi connectivity index (χ1) is 11.6. The van der Waals surface area contributed by atoms with Crippen LogP contribution in [0.1, 0.15) is 21.6 Å². The van der Waals surface area contributed by atoms with Gasteiger partial charge in [-0.05, 0) is 18.2 Å². The molecule has 2 heterocycles. The van der Waals surface area contributed by atoms with Crippen LogP contribution in [0, 0.1) is 5.82 Å². The highest BCUT2D eigenvalue weighted by atomic mass is 79.9. The number of methoxy groups -OCH3 is 1. The highest BCUT2D eigenvalue weighted by molar-refractivity contribution is 9.10. The van der Waals surface area contributed by atoms with Gasteiger partial charge < -0.3 is 14.4 Å². The molecule has 1 aliphatic rings. The van der Waals surface area contributed by atoms with E-state index in [-0.39, 0.29) is 12.5 Å². The smallest absolute Gasteiger partial charge is 0.273 e. The van der Waals surface area contributed by atoms with Crippen molar-refractivity contribution in [2.45, 2.75) is 13.1 Å². The van der Waals surface area contributed by atoms with E-state index in [9.17, 15) is 9.18 Å². The average molecular weight is 395 g/mol. The molecule has 3 rings (SSSR count). The molecule has 0 N–H and O–H groups in total. The first kappa shape index (κ1) is 16.9. The number of pyridine rings is 1. The third kappa shape index (κ3) is 3.42. The lowest BCUT2D eigenvalue weighted by Crippen LogP contribution is -2.24. The third-order valence-electron chi connectivity index (χ3n) is 3.76. The van der Waals surface area contributed by atoms with Gasteiger partial charge in [-0.25, -0.2) is 4.39 Å². The molecule has 0 bridgehead atoms. The Morgan fingerprint density at radius 2 is 2.21 bits per heavy atom. The second-order valence-electron chi connectivity index (χ2n) is 5.38. The number of amides is 1. The molecule has 1 amide bonds. The Hall–Kier alpha value is -1.99. The largest absolute Gasteiger partial charge is 0.491 e. The van der Waals surface area contributed by atoms with Crippen molar-refractivity contribution in [3.05, 3.63) is 57.6 Å². The van der Waals surface area contributed by atoms with Crippen molar-refractivity contribution in [3.8, 4) is 5.75 Å². The quantitative estimate of drug-likeness (QED) is 0.706. The molecule has 2 aromatic rings. The molecule has 0 atom stereocenters. The van der Waals surface area contributed by atoms with E-state index >= 15 is 0 Å². The van der Waals surface area contributed by atoms with Gasteiger partial charge in [0.25, 0.3) is 5.91 Å². The summed E-state index contributed by atoms with van der Waals surface area (Å²) in [4.78, 5) is 18.1. The maximum Gasteiger partial charge on any atom is 0.273 e. The third-order valence-corrected chi connectivity index (χ3v) is 4.21. The average Bonchev–Trinajstić information content (AvgIpc) is 2.87. The molecule has 0 saturated carbocycles. The molecule has 1 aliphatic heterocycles. The number of fused-ring (bicyclic) bond motifs is 1. The van der Waals surface area contributed by atoms with Crippen LogP contribution in [0.5, 0.6) is 5.75 Å². The van der Waals surface area contributed by atoms with Gasteiger partial charge in [-0.3, -0.25) is 9.78 Å². The fraction of sp³-hybridized carbons (Fsp3) is 0.294. The molecule has 7 heteroatoms. The lowest BCUT2D eigenvalue weighted by Gasteiger charge is -2.19. The number of nitrogens with zero attached hydrogens (tertiary/aromatic N) is 2. The lowest BCUT2D eigenvalue weighted by atomic mass is 10.1. The van der Waals surface area contributed by atoms with Gasteiger partial charge in [0.2, 0.25) is 0 Å². The summed E-state index contributed by atoms with van der Waals surface area (Å²) in [7, 11) is 1.57. The SMILES string of the molecule is COCCOc1cc(Br)cc(F)c1CN1Cc2cccnc2C1=O. The summed E-state index contributed by atoms with van der Waals surface area (Å²) in [6.07, 6.45) is 1.58. The summed E-state index contributed by atoms with van der Waals surface area (Å²) in [6.45, 7) is 1.23. The molecule has 1 aromatic heterocycles. The molecule has 0 spiro atoms. The van der Waals surface area contributed by atoms with Crippen molar-refractivity contribution in [1.82, 2.24) is 9.88 Å². The molecule has 5 nitrogen and oxygen atoms in total. The predicted octanol–water partition coefficient (Wildman–Crippen LogP) is 3.16. The van der Waals surface area contributed by atoms with Gasteiger partial charge in [-0.15, -0.1) is 0 Å². The number of halogens is 2. The second kappa shape index (κ2) is 7.27. The number of benzene rings is 1. The van der Waals surface area contributed by atoms with Crippen LogP contribution in [-0.4, -0.2) is 36.1 Å². The molecular formula is C17H16BrFN2O3. The zero-order chi connectivity index (χ0) is 17.1. The van der Waals surface area contributed by atoms with Crippen molar-refractivity contribution < 1.29 is 18.7 Å². The molecule has 1 aromatic carbocycles. The predicted molar refractivity (Wildman–Crippen MR) is 89.3 cm³/mol. The summed E-state index contributed by atoms with van der Waals surface area (Å²) < 4.78 is 25.6. The Bertz CT molecular complexity index is 769. The minimum Gasteiger partial charge on any atom is -0.491 e. The van der Waals surface area contributed by atoms with Crippen LogP contribution in [0.15, 0.2) is 34.9 Å². The van der Waals surface area contributed by atoms with Crippen LogP contribution in [-0.2, 0) is 17.8 Å². The Morgan fingerprint density at radius 1 is 1.38 bits per heavy atom. The van der Waals surface area contributed by atoms with E-state index in [0.717, 1.165) is 5.56 Å². The lowest BCUT2D eigenvalue weighted by molar-refractivity contribution is 0.0758. The van der Waals surface area contributed by atoms with Gasteiger partial charge in [0.05, 0.1) is 13.2 Å². The minimum atomic E-state index is -0.423. The molecule has 0 fully saturated rings. The van der Waals surface area contributed by atoms with Crippen LogP contribution in [0.2, 0.25) is 0 Å². The molecule has 0 radical (unpaired) electrons. The number of carbonyl (C=O) groups is 1. The van der Waals surface area contributed by atoms with Crippen LogP contribution in [0.25, 0.3) is 0 Å². The fourth-order valence-electron chi connectivity index (χ4n) is 2.60. The Balaban J connectivity index is 1.84. The number of rotatable bonds is 6. The van der Waals surface area contributed by atoms with Crippen molar-refractivity contribution in [1.29, 1.82) is 0 Å².